The van der Waals surface area contributed by atoms with E-state index in [2.05, 4.69) is 21.2 Å². The van der Waals surface area contributed by atoms with E-state index in [4.69, 9.17) is 19.2 Å². The second kappa shape index (κ2) is 9.80. The summed E-state index contributed by atoms with van der Waals surface area (Å²) in [5.74, 6) is 2.55. The minimum Gasteiger partial charge on any atom is -0.493 e. The number of piperidine rings is 1. The maximum absolute atomic E-state index is 12.8. The Hall–Kier alpha value is -3.46. The molecule has 1 amide bonds. The number of benzene rings is 1. The molecule has 2 fully saturated rings. The van der Waals surface area contributed by atoms with Gasteiger partial charge >= 0.3 is 0 Å². The van der Waals surface area contributed by atoms with Gasteiger partial charge in [-0.1, -0.05) is 0 Å². The first-order valence-electron chi connectivity index (χ1n) is 11.6. The molecule has 0 N–H and O–H groups in total. The molecule has 0 atom stereocenters. The van der Waals surface area contributed by atoms with Crippen LogP contribution in [0.1, 0.15) is 12.8 Å². The first kappa shape index (κ1) is 22.3. The monoisotopic (exact) mass is 463 g/mol. The molecule has 5 rings (SSSR count). The molecule has 1 aromatic carbocycles. The zero-order chi connectivity index (χ0) is 23.5. The van der Waals surface area contributed by atoms with Crippen molar-refractivity contribution in [1.29, 1.82) is 0 Å². The summed E-state index contributed by atoms with van der Waals surface area (Å²) in [5.41, 5.74) is 2.61. The molecule has 34 heavy (non-hydrogen) atoms. The maximum atomic E-state index is 12.8. The molecular formula is C25H29N5O4. The third kappa shape index (κ3) is 4.35. The van der Waals surface area contributed by atoms with Gasteiger partial charge in [-0.05, 0) is 31.0 Å². The molecule has 9 nitrogen and oxygen atoms in total. The summed E-state index contributed by atoms with van der Waals surface area (Å²) in [5, 5.41) is 9.33. The fourth-order valence-electron chi connectivity index (χ4n) is 4.75. The van der Waals surface area contributed by atoms with E-state index < -0.39 is 0 Å². The summed E-state index contributed by atoms with van der Waals surface area (Å²) < 4.78 is 16.2. The molecule has 9 heteroatoms. The Kier molecular flexibility index (Phi) is 6.44. The SMILES string of the molecule is COc1cc2nncc(-c3ccc(N4CCC(C(=O)N5CCOCC5)CC4)nc3)c2cc1OC. The van der Waals surface area contributed by atoms with Crippen LogP contribution in [-0.4, -0.2) is 79.6 Å². The van der Waals surface area contributed by atoms with Gasteiger partial charge in [0, 0.05) is 60.9 Å². The van der Waals surface area contributed by atoms with Crippen LogP contribution in [0.3, 0.4) is 0 Å². The van der Waals surface area contributed by atoms with Crippen LogP contribution in [-0.2, 0) is 9.53 Å². The number of ether oxygens (including phenoxy) is 3. The van der Waals surface area contributed by atoms with Gasteiger partial charge in [0.25, 0.3) is 0 Å². The minimum atomic E-state index is 0.0925. The number of hydrogen-bond donors (Lipinski definition) is 0. The van der Waals surface area contributed by atoms with Crippen LogP contribution < -0.4 is 14.4 Å². The third-order valence-electron chi connectivity index (χ3n) is 6.69. The smallest absolute Gasteiger partial charge is 0.225 e. The van der Waals surface area contributed by atoms with E-state index >= 15 is 0 Å². The fraction of sp³-hybridized carbons (Fsp3) is 0.440. The van der Waals surface area contributed by atoms with E-state index in [-0.39, 0.29) is 11.8 Å². The van der Waals surface area contributed by atoms with Gasteiger partial charge in [0.15, 0.2) is 11.5 Å². The van der Waals surface area contributed by atoms with Gasteiger partial charge in [0.2, 0.25) is 5.91 Å². The Balaban J connectivity index is 1.30. The van der Waals surface area contributed by atoms with Crippen molar-refractivity contribution >= 4 is 22.6 Å². The first-order valence-corrected chi connectivity index (χ1v) is 11.6. The molecule has 3 aromatic rings. The number of anilines is 1. The molecule has 0 unspecified atom stereocenters. The Morgan fingerprint density at radius 1 is 1.00 bits per heavy atom. The van der Waals surface area contributed by atoms with Crippen LogP contribution >= 0.6 is 0 Å². The van der Waals surface area contributed by atoms with E-state index in [9.17, 15) is 4.79 Å². The van der Waals surface area contributed by atoms with E-state index in [1.807, 2.05) is 29.3 Å². The highest BCUT2D eigenvalue weighted by atomic mass is 16.5. The highest BCUT2D eigenvalue weighted by molar-refractivity contribution is 5.95. The lowest BCUT2D eigenvalue weighted by molar-refractivity contribution is -0.140. The molecule has 0 radical (unpaired) electrons. The molecule has 0 bridgehead atoms. The number of amides is 1. The molecule has 2 aromatic heterocycles. The molecule has 0 aliphatic carbocycles. The van der Waals surface area contributed by atoms with Crippen molar-refractivity contribution in [2.45, 2.75) is 12.8 Å². The number of methoxy groups -OCH3 is 2. The summed E-state index contributed by atoms with van der Waals surface area (Å²) >= 11 is 0. The Bertz CT molecular complexity index is 1160. The minimum absolute atomic E-state index is 0.0925. The fourth-order valence-corrected chi connectivity index (χ4v) is 4.75. The Morgan fingerprint density at radius 3 is 2.41 bits per heavy atom. The average Bonchev–Trinajstić information content (AvgIpc) is 2.92. The molecule has 2 saturated heterocycles. The van der Waals surface area contributed by atoms with Crippen molar-refractivity contribution < 1.29 is 19.0 Å². The molecule has 178 valence electrons. The number of carbonyl (C=O) groups is 1. The van der Waals surface area contributed by atoms with Gasteiger partial charge in [0.05, 0.1) is 39.1 Å². The molecule has 2 aliphatic rings. The quantitative estimate of drug-likeness (QED) is 0.571. The average molecular weight is 464 g/mol. The lowest BCUT2D eigenvalue weighted by atomic mass is 9.95. The van der Waals surface area contributed by atoms with Gasteiger partial charge in [-0.3, -0.25) is 4.79 Å². The summed E-state index contributed by atoms with van der Waals surface area (Å²) in [7, 11) is 3.22. The number of morpholine rings is 1. The van der Waals surface area contributed by atoms with Crippen molar-refractivity contribution in [3.8, 4) is 22.6 Å². The van der Waals surface area contributed by atoms with Gasteiger partial charge in [-0.15, -0.1) is 0 Å². The summed E-state index contributed by atoms with van der Waals surface area (Å²) in [6.07, 6.45) is 5.31. The molecule has 0 spiro atoms. The van der Waals surface area contributed by atoms with E-state index in [1.54, 1.807) is 20.4 Å². The topological polar surface area (TPSA) is 89.9 Å². The summed E-state index contributed by atoms with van der Waals surface area (Å²) in [6.45, 7) is 4.35. The van der Waals surface area contributed by atoms with Crippen LogP contribution in [0.4, 0.5) is 5.82 Å². The lowest BCUT2D eigenvalue weighted by Crippen LogP contribution is -2.46. The van der Waals surface area contributed by atoms with Crippen molar-refractivity contribution in [3.63, 3.8) is 0 Å². The second-order valence-corrected chi connectivity index (χ2v) is 8.59. The van der Waals surface area contributed by atoms with Crippen LogP contribution in [0.2, 0.25) is 0 Å². The van der Waals surface area contributed by atoms with Crippen molar-refractivity contribution in [1.82, 2.24) is 20.1 Å². The Morgan fingerprint density at radius 2 is 1.74 bits per heavy atom. The number of hydrogen-bond acceptors (Lipinski definition) is 8. The molecule has 2 aliphatic heterocycles. The van der Waals surface area contributed by atoms with E-state index in [0.29, 0.717) is 37.8 Å². The number of pyridine rings is 1. The van der Waals surface area contributed by atoms with Gasteiger partial charge < -0.3 is 24.0 Å². The molecule has 0 saturated carbocycles. The predicted octanol–water partition coefficient (Wildman–Crippen LogP) is 2.78. The van der Waals surface area contributed by atoms with E-state index in [1.165, 1.54) is 0 Å². The zero-order valence-corrected chi connectivity index (χ0v) is 19.6. The number of fused-ring (bicyclic) bond motifs is 1. The van der Waals surface area contributed by atoms with Gasteiger partial charge in [0.1, 0.15) is 5.82 Å². The Labute approximate surface area is 198 Å². The largest absolute Gasteiger partial charge is 0.493 e. The zero-order valence-electron chi connectivity index (χ0n) is 19.6. The molecule has 4 heterocycles. The number of carbonyl (C=O) groups excluding carboxylic acids is 1. The van der Waals surface area contributed by atoms with Crippen LogP contribution in [0.15, 0.2) is 36.7 Å². The van der Waals surface area contributed by atoms with Crippen LogP contribution in [0, 0.1) is 5.92 Å². The summed E-state index contributed by atoms with van der Waals surface area (Å²) in [6, 6.07) is 7.84. The van der Waals surface area contributed by atoms with Crippen LogP contribution in [0.25, 0.3) is 22.0 Å². The molecular weight excluding hydrogens is 434 g/mol. The van der Waals surface area contributed by atoms with Crippen LogP contribution in [0.5, 0.6) is 11.5 Å². The third-order valence-corrected chi connectivity index (χ3v) is 6.69. The maximum Gasteiger partial charge on any atom is 0.225 e. The predicted molar refractivity (Wildman–Crippen MR) is 128 cm³/mol. The highest BCUT2D eigenvalue weighted by Crippen LogP contribution is 2.36. The van der Waals surface area contributed by atoms with Crippen molar-refractivity contribution in [2.24, 2.45) is 5.92 Å². The van der Waals surface area contributed by atoms with Gasteiger partial charge in [-0.25, -0.2) is 4.98 Å². The first-order chi connectivity index (χ1) is 16.7. The second-order valence-electron chi connectivity index (χ2n) is 8.59. The highest BCUT2D eigenvalue weighted by Gasteiger charge is 2.29. The normalized spacial score (nSPS) is 17.1. The number of aromatic nitrogens is 3. The van der Waals surface area contributed by atoms with Gasteiger partial charge in [-0.2, -0.15) is 10.2 Å². The number of rotatable bonds is 5. The van der Waals surface area contributed by atoms with Crippen molar-refractivity contribution in [2.75, 3.05) is 58.5 Å². The lowest BCUT2D eigenvalue weighted by Gasteiger charge is -2.36. The summed E-state index contributed by atoms with van der Waals surface area (Å²) in [4.78, 5) is 21.7. The van der Waals surface area contributed by atoms with Crippen molar-refractivity contribution in [3.05, 3.63) is 36.7 Å². The van der Waals surface area contributed by atoms with E-state index in [0.717, 1.165) is 53.8 Å². The standard InChI is InChI=1S/C25H29N5O4/c1-32-22-13-19-20(16-27-28-21(19)14-23(22)33-2)18-3-4-24(26-15-18)29-7-5-17(6-8-29)25(31)30-9-11-34-12-10-30/h3-4,13-17H,5-12H2,1-2H3. The number of nitrogens with zero attached hydrogens (tertiary/aromatic N) is 5.